The standard InChI is InChI=1S/C20H36N4O2/c1-6-21-20(22-13-9-10-14-24(7-2)8-3)23-16-17-11-12-18(25-4)19(15-17)26-5/h11-12,15H,6-10,13-14,16H2,1-5H3,(H2,21,22,23). The number of ether oxygens (including phenoxy) is 2. The first kappa shape index (κ1) is 22.1. The summed E-state index contributed by atoms with van der Waals surface area (Å²) in [5, 5.41) is 6.71. The zero-order valence-corrected chi connectivity index (χ0v) is 17.1. The maximum atomic E-state index is 5.35. The average Bonchev–Trinajstić information content (AvgIpc) is 2.68. The SMILES string of the molecule is CCNC(=NCc1ccc(OC)c(OC)c1)NCCCCN(CC)CC. The number of unbranched alkanes of at least 4 members (excludes halogenated alkanes) is 1. The summed E-state index contributed by atoms with van der Waals surface area (Å²) in [6.45, 7) is 12.3. The molecule has 1 aromatic rings. The Hall–Kier alpha value is -1.95. The molecular weight excluding hydrogens is 328 g/mol. The molecule has 0 aliphatic rings. The van der Waals surface area contributed by atoms with Crippen molar-refractivity contribution >= 4 is 5.96 Å². The van der Waals surface area contributed by atoms with E-state index in [0.717, 1.165) is 62.2 Å². The van der Waals surface area contributed by atoms with Gasteiger partial charge in [-0.1, -0.05) is 19.9 Å². The average molecular weight is 365 g/mol. The third kappa shape index (κ3) is 7.95. The van der Waals surface area contributed by atoms with E-state index in [1.807, 2.05) is 18.2 Å². The quantitative estimate of drug-likeness (QED) is 0.339. The molecule has 6 heteroatoms. The molecule has 0 bridgehead atoms. The molecule has 0 radical (unpaired) electrons. The van der Waals surface area contributed by atoms with Crippen molar-refractivity contribution in [3.05, 3.63) is 23.8 Å². The summed E-state index contributed by atoms with van der Waals surface area (Å²) >= 11 is 0. The Morgan fingerprint density at radius 1 is 1.00 bits per heavy atom. The number of benzene rings is 1. The van der Waals surface area contributed by atoms with Gasteiger partial charge in [0.15, 0.2) is 17.5 Å². The van der Waals surface area contributed by atoms with Gasteiger partial charge in [-0.05, 0) is 57.1 Å². The minimum Gasteiger partial charge on any atom is -0.493 e. The second-order valence-corrected chi connectivity index (χ2v) is 6.05. The molecule has 0 saturated carbocycles. The van der Waals surface area contributed by atoms with E-state index in [1.165, 1.54) is 6.42 Å². The fourth-order valence-electron chi connectivity index (χ4n) is 2.70. The van der Waals surface area contributed by atoms with Crippen LogP contribution in [0.15, 0.2) is 23.2 Å². The lowest BCUT2D eigenvalue weighted by Crippen LogP contribution is -2.38. The first-order valence-electron chi connectivity index (χ1n) is 9.63. The number of aliphatic imine (C=N–C) groups is 1. The van der Waals surface area contributed by atoms with Gasteiger partial charge in [-0.15, -0.1) is 0 Å². The van der Waals surface area contributed by atoms with Crippen LogP contribution >= 0.6 is 0 Å². The smallest absolute Gasteiger partial charge is 0.191 e. The number of nitrogens with zero attached hydrogens (tertiary/aromatic N) is 2. The number of rotatable bonds is 12. The fraction of sp³-hybridized carbons (Fsp3) is 0.650. The number of guanidine groups is 1. The van der Waals surface area contributed by atoms with Crippen LogP contribution in [0.25, 0.3) is 0 Å². The minimum atomic E-state index is 0.592. The molecule has 1 aromatic carbocycles. The Kier molecular flexibility index (Phi) is 11.3. The van der Waals surface area contributed by atoms with Gasteiger partial charge in [-0.2, -0.15) is 0 Å². The molecule has 0 heterocycles. The third-order valence-corrected chi connectivity index (χ3v) is 4.30. The van der Waals surface area contributed by atoms with Crippen molar-refractivity contribution in [2.24, 2.45) is 4.99 Å². The molecule has 0 aliphatic heterocycles. The van der Waals surface area contributed by atoms with Crippen LogP contribution in [-0.4, -0.2) is 57.8 Å². The highest BCUT2D eigenvalue weighted by atomic mass is 16.5. The molecule has 0 fully saturated rings. The van der Waals surface area contributed by atoms with Crippen molar-refractivity contribution in [1.29, 1.82) is 0 Å². The third-order valence-electron chi connectivity index (χ3n) is 4.30. The van der Waals surface area contributed by atoms with Gasteiger partial charge in [0.25, 0.3) is 0 Å². The van der Waals surface area contributed by atoms with Gasteiger partial charge in [0.05, 0.1) is 20.8 Å². The largest absolute Gasteiger partial charge is 0.493 e. The molecular formula is C20H36N4O2. The molecule has 0 saturated heterocycles. The highest BCUT2D eigenvalue weighted by Gasteiger charge is 2.05. The minimum absolute atomic E-state index is 0.592. The lowest BCUT2D eigenvalue weighted by atomic mass is 10.2. The summed E-state index contributed by atoms with van der Waals surface area (Å²) < 4.78 is 10.6. The summed E-state index contributed by atoms with van der Waals surface area (Å²) in [6.07, 6.45) is 2.33. The monoisotopic (exact) mass is 364 g/mol. The maximum absolute atomic E-state index is 5.35. The van der Waals surface area contributed by atoms with E-state index < -0.39 is 0 Å². The van der Waals surface area contributed by atoms with Crippen molar-refractivity contribution in [3.8, 4) is 11.5 Å². The van der Waals surface area contributed by atoms with Crippen LogP contribution in [0.2, 0.25) is 0 Å². The van der Waals surface area contributed by atoms with Crippen molar-refractivity contribution in [3.63, 3.8) is 0 Å². The Bertz CT molecular complexity index is 531. The van der Waals surface area contributed by atoms with Crippen LogP contribution in [0.3, 0.4) is 0 Å². The topological polar surface area (TPSA) is 58.1 Å². The molecule has 1 rings (SSSR count). The van der Waals surface area contributed by atoms with Gasteiger partial charge in [-0.3, -0.25) is 0 Å². The summed E-state index contributed by atoms with van der Waals surface area (Å²) in [5.74, 6) is 2.32. The van der Waals surface area contributed by atoms with Gasteiger partial charge >= 0.3 is 0 Å². The highest BCUT2D eigenvalue weighted by Crippen LogP contribution is 2.27. The van der Waals surface area contributed by atoms with Crippen molar-refractivity contribution in [2.45, 2.75) is 40.2 Å². The van der Waals surface area contributed by atoms with Crippen molar-refractivity contribution < 1.29 is 9.47 Å². The van der Waals surface area contributed by atoms with E-state index >= 15 is 0 Å². The van der Waals surface area contributed by atoms with Crippen molar-refractivity contribution in [1.82, 2.24) is 15.5 Å². The molecule has 0 unspecified atom stereocenters. The van der Waals surface area contributed by atoms with Crippen LogP contribution in [0.1, 0.15) is 39.2 Å². The number of hydrogen-bond donors (Lipinski definition) is 2. The van der Waals surface area contributed by atoms with Gasteiger partial charge in [0.1, 0.15) is 0 Å². The summed E-state index contributed by atoms with van der Waals surface area (Å²) in [6, 6.07) is 5.89. The van der Waals surface area contributed by atoms with E-state index in [0.29, 0.717) is 6.54 Å². The van der Waals surface area contributed by atoms with Gasteiger partial charge in [-0.25, -0.2) is 4.99 Å². The molecule has 148 valence electrons. The second kappa shape index (κ2) is 13.3. The van der Waals surface area contributed by atoms with Crippen LogP contribution < -0.4 is 20.1 Å². The van der Waals surface area contributed by atoms with Crippen LogP contribution in [0.4, 0.5) is 0 Å². The van der Waals surface area contributed by atoms with Crippen LogP contribution in [0, 0.1) is 0 Å². The Labute approximate surface area is 159 Å². The van der Waals surface area contributed by atoms with Gasteiger partial charge in [0, 0.05) is 13.1 Å². The molecule has 0 aromatic heterocycles. The maximum Gasteiger partial charge on any atom is 0.191 e. The summed E-state index contributed by atoms with van der Waals surface area (Å²) in [5.41, 5.74) is 1.08. The lowest BCUT2D eigenvalue weighted by Gasteiger charge is -2.18. The van der Waals surface area contributed by atoms with E-state index in [9.17, 15) is 0 Å². The first-order valence-corrected chi connectivity index (χ1v) is 9.63. The number of methoxy groups -OCH3 is 2. The molecule has 0 amide bonds. The number of hydrogen-bond acceptors (Lipinski definition) is 4. The molecule has 0 aliphatic carbocycles. The first-order chi connectivity index (χ1) is 12.7. The van der Waals surface area contributed by atoms with Crippen LogP contribution in [-0.2, 0) is 6.54 Å². The van der Waals surface area contributed by atoms with E-state index in [-0.39, 0.29) is 0 Å². The summed E-state index contributed by atoms with van der Waals surface area (Å²) in [7, 11) is 3.29. The lowest BCUT2D eigenvalue weighted by molar-refractivity contribution is 0.297. The molecule has 2 N–H and O–H groups in total. The normalized spacial score (nSPS) is 11.5. The molecule has 0 spiro atoms. The molecule has 0 atom stereocenters. The summed E-state index contributed by atoms with van der Waals surface area (Å²) in [4.78, 5) is 7.12. The zero-order chi connectivity index (χ0) is 19.2. The Morgan fingerprint density at radius 3 is 2.35 bits per heavy atom. The molecule has 6 nitrogen and oxygen atoms in total. The van der Waals surface area contributed by atoms with Crippen LogP contribution in [0.5, 0.6) is 11.5 Å². The van der Waals surface area contributed by atoms with Gasteiger partial charge in [0.2, 0.25) is 0 Å². The Morgan fingerprint density at radius 2 is 1.73 bits per heavy atom. The van der Waals surface area contributed by atoms with E-state index in [2.05, 4.69) is 41.3 Å². The van der Waals surface area contributed by atoms with Crippen molar-refractivity contribution in [2.75, 3.05) is 46.9 Å². The molecule has 26 heavy (non-hydrogen) atoms. The predicted octanol–water partition coefficient (Wildman–Crippen LogP) is 2.88. The second-order valence-electron chi connectivity index (χ2n) is 6.05. The highest BCUT2D eigenvalue weighted by molar-refractivity contribution is 5.79. The predicted molar refractivity (Wildman–Crippen MR) is 109 cm³/mol. The van der Waals surface area contributed by atoms with Gasteiger partial charge < -0.3 is 25.0 Å². The number of nitrogens with one attached hydrogen (secondary N) is 2. The van der Waals surface area contributed by atoms with E-state index in [1.54, 1.807) is 14.2 Å². The zero-order valence-electron chi connectivity index (χ0n) is 17.1. The Balaban J connectivity index is 2.50. The fourth-order valence-corrected chi connectivity index (χ4v) is 2.70. The van der Waals surface area contributed by atoms with E-state index in [4.69, 9.17) is 9.47 Å².